The summed E-state index contributed by atoms with van der Waals surface area (Å²) < 4.78 is 0. The van der Waals surface area contributed by atoms with E-state index in [1.54, 1.807) is 12.4 Å². The molecule has 4 rings (SSSR count). The van der Waals surface area contributed by atoms with Gasteiger partial charge >= 0.3 is 6.03 Å². The molecule has 1 aromatic carbocycles. The molecule has 1 aliphatic heterocycles. The summed E-state index contributed by atoms with van der Waals surface area (Å²) in [7, 11) is 0. The largest absolute Gasteiger partial charge is 0.325 e. The maximum Gasteiger partial charge on any atom is 0.321 e. The molecule has 0 bridgehead atoms. The van der Waals surface area contributed by atoms with Gasteiger partial charge in [-0.1, -0.05) is 12.1 Å². The molecule has 0 spiro atoms. The van der Waals surface area contributed by atoms with Crippen molar-refractivity contribution < 1.29 is 4.79 Å². The highest BCUT2D eigenvalue weighted by Gasteiger charge is 2.24. The summed E-state index contributed by atoms with van der Waals surface area (Å²) in [6.07, 6.45) is 6.26. The van der Waals surface area contributed by atoms with Crippen molar-refractivity contribution in [1.29, 1.82) is 0 Å². The van der Waals surface area contributed by atoms with Crippen molar-refractivity contribution in [3.63, 3.8) is 0 Å². The molecule has 7 nitrogen and oxygen atoms in total. The Morgan fingerprint density at radius 2 is 2.00 bits per heavy atom. The van der Waals surface area contributed by atoms with Crippen LogP contribution in [0.2, 0.25) is 0 Å². The summed E-state index contributed by atoms with van der Waals surface area (Å²) in [5, 5.41) is 10.4. The number of nitrogens with one attached hydrogen (secondary N) is 2. The minimum atomic E-state index is -0.0244. The normalized spacial score (nSPS) is 14.8. The molecule has 0 unspecified atom stereocenters. The van der Waals surface area contributed by atoms with Crippen molar-refractivity contribution in [3.8, 4) is 11.4 Å². The minimum absolute atomic E-state index is 0.0244. The number of benzene rings is 1. The molecule has 2 amide bonds. The summed E-state index contributed by atoms with van der Waals surface area (Å²) in [4.78, 5) is 23.0. The summed E-state index contributed by atoms with van der Waals surface area (Å²) in [5.74, 6) is 2.10. The molecule has 2 aromatic heterocycles. The average molecular weight is 376 g/mol. The van der Waals surface area contributed by atoms with Crippen LogP contribution >= 0.6 is 0 Å². The van der Waals surface area contributed by atoms with Gasteiger partial charge in [0.25, 0.3) is 0 Å². The van der Waals surface area contributed by atoms with E-state index >= 15 is 0 Å². The number of nitrogens with zero attached hydrogens (tertiary/aromatic N) is 4. The lowest BCUT2D eigenvalue weighted by Gasteiger charge is -2.31. The van der Waals surface area contributed by atoms with E-state index < -0.39 is 0 Å². The third-order valence-corrected chi connectivity index (χ3v) is 5.12. The molecule has 0 radical (unpaired) electrons. The zero-order valence-electron chi connectivity index (χ0n) is 15.9. The molecule has 28 heavy (non-hydrogen) atoms. The van der Waals surface area contributed by atoms with Gasteiger partial charge in [-0.2, -0.15) is 5.10 Å². The zero-order valence-corrected chi connectivity index (χ0v) is 15.9. The van der Waals surface area contributed by atoms with Gasteiger partial charge in [0.15, 0.2) is 5.82 Å². The maximum absolute atomic E-state index is 12.5. The van der Waals surface area contributed by atoms with Gasteiger partial charge in [-0.3, -0.25) is 10.1 Å². The van der Waals surface area contributed by atoms with Crippen molar-refractivity contribution in [1.82, 2.24) is 25.1 Å². The highest BCUT2D eigenvalue weighted by molar-refractivity contribution is 5.89. The number of pyridine rings is 1. The molecule has 1 fully saturated rings. The Morgan fingerprint density at radius 3 is 2.75 bits per heavy atom. The highest BCUT2D eigenvalue weighted by atomic mass is 16.2. The van der Waals surface area contributed by atoms with E-state index in [1.807, 2.05) is 48.2 Å². The SMILES string of the molecule is Cc1cccc(NC(=O)N2CCC(Cc3nc(-c4ccncc4)n[nH]3)CC2)c1. The third-order valence-electron chi connectivity index (χ3n) is 5.12. The molecule has 0 saturated carbocycles. The monoisotopic (exact) mass is 376 g/mol. The molecule has 7 heteroatoms. The van der Waals surface area contributed by atoms with Crippen molar-refractivity contribution in [2.24, 2.45) is 5.92 Å². The summed E-state index contributed by atoms with van der Waals surface area (Å²) in [5.41, 5.74) is 2.94. The second-order valence-corrected chi connectivity index (χ2v) is 7.28. The van der Waals surface area contributed by atoms with Gasteiger partial charge in [-0.05, 0) is 55.5 Å². The molecule has 3 heterocycles. The summed E-state index contributed by atoms with van der Waals surface area (Å²) in [6.45, 7) is 3.53. The number of anilines is 1. The number of carbonyl (C=O) groups is 1. The number of aryl methyl sites for hydroxylation is 1. The quantitative estimate of drug-likeness (QED) is 0.727. The van der Waals surface area contributed by atoms with Crippen LogP contribution in [0.1, 0.15) is 24.2 Å². The molecular formula is C21H24N6O. The Balaban J connectivity index is 1.28. The lowest BCUT2D eigenvalue weighted by Crippen LogP contribution is -2.41. The van der Waals surface area contributed by atoms with E-state index in [2.05, 4.69) is 25.5 Å². The van der Waals surface area contributed by atoms with E-state index in [0.29, 0.717) is 11.7 Å². The number of amides is 2. The van der Waals surface area contributed by atoms with E-state index in [-0.39, 0.29) is 6.03 Å². The van der Waals surface area contributed by atoms with Crippen molar-refractivity contribution >= 4 is 11.7 Å². The van der Waals surface area contributed by atoms with Crippen molar-refractivity contribution in [3.05, 3.63) is 60.2 Å². The van der Waals surface area contributed by atoms with Crippen LogP contribution in [0, 0.1) is 12.8 Å². The number of piperidine rings is 1. The number of hydrogen-bond donors (Lipinski definition) is 2. The van der Waals surface area contributed by atoms with Gasteiger partial charge in [0.05, 0.1) is 0 Å². The highest BCUT2D eigenvalue weighted by Crippen LogP contribution is 2.22. The molecular weight excluding hydrogens is 352 g/mol. The number of aromatic nitrogens is 4. The molecule has 1 aliphatic rings. The second-order valence-electron chi connectivity index (χ2n) is 7.28. The van der Waals surface area contributed by atoms with Gasteiger partial charge in [-0.25, -0.2) is 9.78 Å². The van der Waals surface area contributed by atoms with Crippen molar-refractivity contribution in [2.45, 2.75) is 26.2 Å². The van der Waals surface area contributed by atoms with Crippen LogP contribution < -0.4 is 5.32 Å². The molecule has 0 atom stereocenters. The minimum Gasteiger partial charge on any atom is -0.325 e. The van der Waals surface area contributed by atoms with Gasteiger partial charge in [0.1, 0.15) is 5.82 Å². The molecule has 0 aliphatic carbocycles. The van der Waals surface area contributed by atoms with Gasteiger partial charge in [-0.15, -0.1) is 0 Å². The second kappa shape index (κ2) is 8.21. The van der Waals surface area contributed by atoms with Crippen molar-refractivity contribution in [2.75, 3.05) is 18.4 Å². The number of hydrogen-bond acceptors (Lipinski definition) is 4. The fourth-order valence-electron chi connectivity index (χ4n) is 3.56. The molecule has 1 saturated heterocycles. The Labute approximate surface area is 164 Å². The van der Waals surface area contributed by atoms with Crippen LogP contribution in [0.15, 0.2) is 48.8 Å². The molecule has 3 aromatic rings. The first kappa shape index (κ1) is 18.2. The van der Waals surface area contributed by atoms with E-state index in [0.717, 1.165) is 55.0 Å². The number of aromatic amines is 1. The summed E-state index contributed by atoms with van der Waals surface area (Å²) >= 11 is 0. The predicted octanol–water partition coefficient (Wildman–Crippen LogP) is 3.66. The number of rotatable bonds is 4. The van der Waals surface area contributed by atoms with Gasteiger partial charge in [0.2, 0.25) is 0 Å². The first-order chi connectivity index (χ1) is 13.7. The van der Waals surface area contributed by atoms with Crippen LogP contribution in [0.5, 0.6) is 0 Å². The van der Waals surface area contributed by atoms with E-state index in [1.165, 1.54) is 0 Å². The van der Waals surface area contributed by atoms with Crippen LogP contribution in [0.4, 0.5) is 10.5 Å². The van der Waals surface area contributed by atoms with E-state index in [9.17, 15) is 4.79 Å². The van der Waals surface area contributed by atoms with Crippen LogP contribution in [0.25, 0.3) is 11.4 Å². The van der Waals surface area contributed by atoms with Crippen LogP contribution in [-0.4, -0.2) is 44.2 Å². The lowest BCUT2D eigenvalue weighted by atomic mass is 9.93. The topological polar surface area (TPSA) is 86.8 Å². The average Bonchev–Trinajstić information content (AvgIpc) is 3.18. The Hall–Kier alpha value is -3.22. The number of H-pyrrole nitrogens is 1. The fourth-order valence-corrected chi connectivity index (χ4v) is 3.56. The Morgan fingerprint density at radius 1 is 1.21 bits per heavy atom. The third kappa shape index (κ3) is 4.36. The zero-order chi connectivity index (χ0) is 19.3. The van der Waals surface area contributed by atoms with Crippen LogP contribution in [0.3, 0.4) is 0 Å². The summed E-state index contributed by atoms with van der Waals surface area (Å²) in [6, 6.07) is 11.6. The number of likely N-dealkylation sites (tertiary alicyclic amines) is 1. The fraction of sp³-hybridized carbons (Fsp3) is 0.333. The number of urea groups is 1. The molecule has 2 N–H and O–H groups in total. The predicted molar refractivity (Wildman–Crippen MR) is 108 cm³/mol. The van der Waals surface area contributed by atoms with Gasteiger partial charge < -0.3 is 10.2 Å². The Kier molecular flexibility index (Phi) is 5.32. The standard InChI is InChI=1S/C21H24N6O/c1-15-3-2-4-18(13-15)23-21(28)27-11-7-16(8-12-27)14-19-24-20(26-25-19)17-5-9-22-10-6-17/h2-6,9-10,13,16H,7-8,11-12,14H2,1H3,(H,23,28)(H,24,25,26). The van der Waals surface area contributed by atoms with Crippen LogP contribution in [-0.2, 0) is 6.42 Å². The lowest BCUT2D eigenvalue weighted by molar-refractivity contribution is 0.182. The first-order valence-electron chi connectivity index (χ1n) is 9.61. The first-order valence-corrected chi connectivity index (χ1v) is 9.61. The van der Waals surface area contributed by atoms with E-state index in [4.69, 9.17) is 0 Å². The smallest absolute Gasteiger partial charge is 0.321 e. The maximum atomic E-state index is 12.5. The Bertz CT molecular complexity index is 931. The molecule has 144 valence electrons. The van der Waals surface area contributed by atoms with Gasteiger partial charge in [0, 0.05) is 43.2 Å². The number of carbonyl (C=O) groups excluding carboxylic acids is 1.